The smallest absolute Gasteiger partial charge is 0.326 e. The molecule has 20 heavy (non-hydrogen) atoms. The Kier molecular flexibility index (Phi) is 5.79. The highest BCUT2D eigenvalue weighted by Gasteiger charge is 2.41. The fourth-order valence-corrected chi connectivity index (χ4v) is 2.22. The van der Waals surface area contributed by atoms with E-state index >= 15 is 0 Å². The van der Waals surface area contributed by atoms with Crippen molar-refractivity contribution in [2.75, 3.05) is 6.54 Å². The summed E-state index contributed by atoms with van der Waals surface area (Å²) in [6.45, 7) is 2.63. The molecule has 0 aromatic rings. The first kappa shape index (κ1) is 16.3. The number of carboxylic acid groups (broad SMARTS) is 2. The van der Waals surface area contributed by atoms with E-state index in [1.165, 1.54) is 0 Å². The predicted octanol–water partition coefficient (Wildman–Crippen LogP) is 1.18. The maximum absolute atomic E-state index is 11.6. The Morgan fingerprint density at radius 1 is 1.25 bits per heavy atom. The molecular weight excluding hydrogens is 264 g/mol. The van der Waals surface area contributed by atoms with Crippen LogP contribution < -0.4 is 10.6 Å². The molecule has 1 fully saturated rings. The van der Waals surface area contributed by atoms with E-state index in [1.807, 2.05) is 0 Å². The molecule has 0 heterocycles. The molecule has 1 aliphatic rings. The summed E-state index contributed by atoms with van der Waals surface area (Å²) in [6, 6.07) is -1.72. The number of amides is 2. The van der Waals surface area contributed by atoms with Gasteiger partial charge in [-0.05, 0) is 31.1 Å². The topological polar surface area (TPSA) is 116 Å². The fraction of sp³-hybridized carbons (Fsp3) is 0.769. The first-order valence-electron chi connectivity index (χ1n) is 6.87. The molecule has 114 valence electrons. The average Bonchev–Trinajstić information content (AvgIpc) is 3.12. The van der Waals surface area contributed by atoms with Gasteiger partial charge in [-0.2, -0.15) is 0 Å². The van der Waals surface area contributed by atoms with E-state index in [4.69, 9.17) is 10.2 Å². The molecule has 1 aliphatic carbocycles. The van der Waals surface area contributed by atoms with Crippen molar-refractivity contribution in [3.8, 4) is 0 Å². The van der Waals surface area contributed by atoms with Gasteiger partial charge in [0.1, 0.15) is 6.04 Å². The third-order valence-corrected chi connectivity index (χ3v) is 3.61. The molecular formula is C13H22N2O5. The number of carboxylic acids is 2. The minimum Gasteiger partial charge on any atom is -0.481 e. The lowest BCUT2D eigenvalue weighted by Crippen LogP contribution is -2.47. The quantitative estimate of drug-likeness (QED) is 0.508. The molecule has 0 bridgehead atoms. The van der Waals surface area contributed by atoms with E-state index in [-0.39, 0.29) is 18.3 Å². The molecule has 0 aliphatic heterocycles. The van der Waals surface area contributed by atoms with Gasteiger partial charge in [0.15, 0.2) is 0 Å². The summed E-state index contributed by atoms with van der Waals surface area (Å²) in [5.74, 6) is -2.31. The summed E-state index contributed by atoms with van der Waals surface area (Å²) in [5.41, 5.74) is 0.186. The first-order valence-corrected chi connectivity index (χ1v) is 6.87. The van der Waals surface area contributed by atoms with Gasteiger partial charge in [-0.25, -0.2) is 9.59 Å². The van der Waals surface area contributed by atoms with Crippen LogP contribution in [0.15, 0.2) is 0 Å². The number of nitrogens with one attached hydrogen (secondary N) is 2. The van der Waals surface area contributed by atoms with Gasteiger partial charge in [0, 0.05) is 13.0 Å². The second-order valence-electron chi connectivity index (χ2n) is 5.40. The molecule has 7 heteroatoms. The van der Waals surface area contributed by atoms with E-state index in [9.17, 15) is 14.4 Å². The molecule has 0 aromatic carbocycles. The lowest BCUT2D eigenvalue weighted by atomic mass is 10.0. The largest absolute Gasteiger partial charge is 0.481 e. The zero-order valence-electron chi connectivity index (χ0n) is 11.6. The zero-order chi connectivity index (χ0) is 15.2. The summed E-state index contributed by atoms with van der Waals surface area (Å²) in [4.78, 5) is 33.0. The highest BCUT2D eigenvalue weighted by atomic mass is 16.4. The van der Waals surface area contributed by atoms with Crippen LogP contribution in [0.2, 0.25) is 0 Å². The Bertz CT molecular complexity index is 379. The van der Waals surface area contributed by atoms with Crippen molar-refractivity contribution >= 4 is 18.0 Å². The van der Waals surface area contributed by atoms with Crippen molar-refractivity contribution in [3.05, 3.63) is 0 Å². The lowest BCUT2D eigenvalue weighted by molar-refractivity contribution is -0.140. The number of carbonyl (C=O) groups is 3. The Morgan fingerprint density at radius 2 is 1.90 bits per heavy atom. The van der Waals surface area contributed by atoms with Gasteiger partial charge in [0.05, 0.1) is 0 Å². The van der Waals surface area contributed by atoms with Gasteiger partial charge in [-0.3, -0.25) is 4.79 Å². The molecule has 1 unspecified atom stereocenters. The second kappa shape index (κ2) is 7.12. The number of carbonyl (C=O) groups excluding carboxylic acids is 1. The Balaban J connectivity index is 2.34. The maximum Gasteiger partial charge on any atom is 0.326 e. The summed E-state index contributed by atoms with van der Waals surface area (Å²) >= 11 is 0. The van der Waals surface area contributed by atoms with Crippen molar-refractivity contribution in [1.82, 2.24) is 10.6 Å². The van der Waals surface area contributed by atoms with Crippen LogP contribution in [0.5, 0.6) is 0 Å². The van der Waals surface area contributed by atoms with Gasteiger partial charge in [-0.1, -0.05) is 13.3 Å². The van der Waals surface area contributed by atoms with Crippen LogP contribution in [0.25, 0.3) is 0 Å². The van der Waals surface area contributed by atoms with E-state index in [0.717, 1.165) is 25.7 Å². The van der Waals surface area contributed by atoms with Crippen LogP contribution in [0.4, 0.5) is 4.79 Å². The van der Waals surface area contributed by atoms with Crippen molar-refractivity contribution in [3.63, 3.8) is 0 Å². The Hall–Kier alpha value is -1.79. The van der Waals surface area contributed by atoms with Crippen LogP contribution in [0, 0.1) is 5.41 Å². The number of hydrogen-bond donors (Lipinski definition) is 4. The lowest BCUT2D eigenvalue weighted by Gasteiger charge is -2.18. The van der Waals surface area contributed by atoms with Gasteiger partial charge in [0.25, 0.3) is 0 Å². The number of hydrogen-bond acceptors (Lipinski definition) is 3. The van der Waals surface area contributed by atoms with Crippen molar-refractivity contribution in [1.29, 1.82) is 0 Å². The van der Waals surface area contributed by atoms with Crippen LogP contribution in [0.3, 0.4) is 0 Å². The van der Waals surface area contributed by atoms with Gasteiger partial charge < -0.3 is 20.8 Å². The van der Waals surface area contributed by atoms with Crippen molar-refractivity contribution < 1.29 is 24.6 Å². The van der Waals surface area contributed by atoms with Gasteiger partial charge in [-0.15, -0.1) is 0 Å². The van der Waals surface area contributed by atoms with Gasteiger partial charge in [0.2, 0.25) is 0 Å². The van der Waals surface area contributed by atoms with Crippen LogP contribution in [-0.4, -0.2) is 40.8 Å². The molecule has 0 saturated heterocycles. The second-order valence-corrected chi connectivity index (χ2v) is 5.40. The Morgan fingerprint density at radius 3 is 2.35 bits per heavy atom. The predicted molar refractivity (Wildman–Crippen MR) is 71.4 cm³/mol. The third-order valence-electron chi connectivity index (χ3n) is 3.61. The zero-order valence-corrected chi connectivity index (χ0v) is 11.6. The molecule has 4 N–H and O–H groups in total. The monoisotopic (exact) mass is 286 g/mol. The number of rotatable bonds is 9. The number of aliphatic carboxylic acids is 2. The van der Waals surface area contributed by atoms with E-state index in [1.54, 1.807) is 0 Å². The normalized spacial score (nSPS) is 17.1. The SMILES string of the molecule is CCCC1(CNC(=O)NC(CCC(=O)O)C(=O)O)CC1. The van der Waals surface area contributed by atoms with Crippen LogP contribution >= 0.6 is 0 Å². The highest BCUT2D eigenvalue weighted by Crippen LogP contribution is 2.48. The Labute approximate surface area is 117 Å². The molecule has 7 nitrogen and oxygen atoms in total. The highest BCUT2D eigenvalue weighted by molar-refractivity contribution is 5.83. The van der Waals surface area contributed by atoms with Crippen LogP contribution in [-0.2, 0) is 9.59 Å². The van der Waals surface area contributed by atoms with Crippen LogP contribution in [0.1, 0.15) is 45.4 Å². The molecule has 0 aromatic heterocycles. The molecule has 1 rings (SSSR count). The molecule has 1 atom stereocenters. The molecule has 1 saturated carbocycles. The summed E-state index contributed by atoms with van der Waals surface area (Å²) in [5, 5.41) is 22.4. The minimum absolute atomic E-state index is 0.127. The van der Waals surface area contributed by atoms with Crippen molar-refractivity contribution in [2.24, 2.45) is 5.41 Å². The molecule has 0 radical (unpaired) electrons. The average molecular weight is 286 g/mol. The first-order chi connectivity index (χ1) is 9.38. The van der Waals surface area contributed by atoms with Gasteiger partial charge >= 0.3 is 18.0 Å². The third kappa shape index (κ3) is 5.46. The molecule has 0 spiro atoms. The standard InChI is InChI=1S/C13H22N2O5/c1-2-5-13(6-7-13)8-14-12(20)15-9(11(18)19)3-4-10(16)17/h9H,2-8H2,1H3,(H,16,17)(H,18,19)(H2,14,15,20). The fourth-order valence-electron chi connectivity index (χ4n) is 2.22. The summed E-state index contributed by atoms with van der Waals surface area (Å²) in [7, 11) is 0. The van der Waals surface area contributed by atoms with Crippen molar-refractivity contribution in [2.45, 2.75) is 51.5 Å². The minimum atomic E-state index is -1.23. The van der Waals surface area contributed by atoms with E-state index in [0.29, 0.717) is 6.54 Å². The van der Waals surface area contributed by atoms with E-state index in [2.05, 4.69) is 17.6 Å². The van der Waals surface area contributed by atoms with E-state index < -0.39 is 24.0 Å². The maximum atomic E-state index is 11.6. The number of urea groups is 1. The summed E-state index contributed by atoms with van der Waals surface area (Å²) in [6.07, 6.45) is 3.86. The molecule has 2 amide bonds. The summed E-state index contributed by atoms with van der Waals surface area (Å²) < 4.78 is 0.